The number of carbonyl (C=O) groups is 5. The van der Waals surface area contributed by atoms with Gasteiger partial charge in [-0.3, -0.25) is 19.2 Å². The number of nitrogens with one attached hydrogen (secondary N) is 4. The molecule has 4 atom stereocenters. The van der Waals surface area contributed by atoms with Gasteiger partial charge in [0, 0.05) is 31.2 Å². The van der Waals surface area contributed by atoms with Gasteiger partial charge < -0.3 is 36.9 Å². The summed E-state index contributed by atoms with van der Waals surface area (Å²) >= 11 is 0. The van der Waals surface area contributed by atoms with E-state index in [1.165, 1.54) is 12.5 Å². The summed E-state index contributed by atoms with van der Waals surface area (Å²) in [7, 11) is 0. The molecule has 0 saturated heterocycles. The summed E-state index contributed by atoms with van der Waals surface area (Å²) in [6.07, 6.45) is 2.14. The average molecular weight is 531 g/mol. The summed E-state index contributed by atoms with van der Waals surface area (Å²) in [4.78, 5) is 68.4. The van der Waals surface area contributed by atoms with Crippen LogP contribution in [-0.2, 0) is 36.8 Å². The van der Waals surface area contributed by atoms with Crippen LogP contribution in [0.15, 0.2) is 42.9 Å². The smallest absolute Gasteiger partial charge is 0.326 e. The third kappa shape index (κ3) is 9.65. The van der Waals surface area contributed by atoms with Gasteiger partial charge in [-0.1, -0.05) is 44.2 Å². The van der Waals surface area contributed by atoms with Crippen LogP contribution < -0.4 is 21.7 Å². The van der Waals surface area contributed by atoms with Gasteiger partial charge in [-0.2, -0.15) is 0 Å². The van der Waals surface area contributed by atoms with Crippen molar-refractivity contribution < 1.29 is 34.2 Å². The van der Waals surface area contributed by atoms with Crippen molar-refractivity contribution in [1.29, 1.82) is 0 Å². The van der Waals surface area contributed by atoms with Crippen LogP contribution in [0.4, 0.5) is 0 Å². The summed E-state index contributed by atoms with van der Waals surface area (Å²) < 4.78 is 0. The number of rotatable bonds is 15. The minimum absolute atomic E-state index is 0.0138. The topological polar surface area (TPSA) is 217 Å². The Kier molecular flexibility index (Phi) is 11.4. The molecule has 0 aliphatic carbocycles. The Bertz CT molecular complexity index is 1090. The second-order valence-electron chi connectivity index (χ2n) is 9.19. The first-order chi connectivity index (χ1) is 18.0. The Balaban J connectivity index is 2.27. The zero-order chi connectivity index (χ0) is 28.2. The largest absolute Gasteiger partial charge is 0.481 e. The number of aromatic nitrogens is 2. The Morgan fingerprint density at radius 2 is 1.47 bits per heavy atom. The van der Waals surface area contributed by atoms with E-state index in [2.05, 4.69) is 25.9 Å². The molecule has 13 nitrogen and oxygen atoms in total. The summed E-state index contributed by atoms with van der Waals surface area (Å²) in [5.74, 6) is -4.87. The van der Waals surface area contributed by atoms with E-state index in [0.29, 0.717) is 11.3 Å². The van der Waals surface area contributed by atoms with Gasteiger partial charge in [-0.15, -0.1) is 0 Å². The first kappa shape index (κ1) is 30.0. The summed E-state index contributed by atoms with van der Waals surface area (Å²) in [5, 5.41) is 25.9. The Morgan fingerprint density at radius 1 is 0.895 bits per heavy atom. The molecule has 4 unspecified atom stereocenters. The minimum atomic E-state index is -1.47. The maximum atomic E-state index is 13.4. The Hall–Kier alpha value is -4.26. The predicted molar refractivity (Wildman–Crippen MR) is 136 cm³/mol. The minimum Gasteiger partial charge on any atom is -0.481 e. The highest BCUT2D eigenvalue weighted by molar-refractivity contribution is 5.94. The van der Waals surface area contributed by atoms with Crippen molar-refractivity contribution in [1.82, 2.24) is 25.9 Å². The number of carboxylic acid groups (broad SMARTS) is 2. The van der Waals surface area contributed by atoms with E-state index < -0.39 is 60.2 Å². The first-order valence-electron chi connectivity index (χ1n) is 12.1. The molecular weight excluding hydrogens is 496 g/mol. The number of amides is 3. The highest BCUT2D eigenvalue weighted by atomic mass is 16.4. The number of aromatic amines is 1. The highest BCUT2D eigenvalue weighted by Gasteiger charge is 2.31. The van der Waals surface area contributed by atoms with E-state index >= 15 is 0 Å². The molecule has 13 heteroatoms. The highest BCUT2D eigenvalue weighted by Crippen LogP contribution is 2.08. The second kappa shape index (κ2) is 14.5. The van der Waals surface area contributed by atoms with Crippen molar-refractivity contribution in [3.8, 4) is 0 Å². The fraction of sp³-hybridized carbons (Fsp3) is 0.440. The number of hydrogen-bond acceptors (Lipinski definition) is 7. The van der Waals surface area contributed by atoms with E-state index in [1.54, 1.807) is 44.2 Å². The lowest BCUT2D eigenvalue weighted by Gasteiger charge is -2.25. The molecule has 2 rings (SSSR count). The van der Waals surface area contributed by atoms with Crippen molar-refractivity contribution in [2.24, 2.45) is 11.7 Å². The number of nitrogens with two attached hydrogens (primary N) is 1. The van der Waals surface area contributed by atoms with Gasteiger partial charge in [0.2, 0.25) is 17.7 Å². The fourth-order valence-corrected chi connectivity index (χ4v) is 3.53. The Labute approximate surface area is 219 Å². The number of aliphatic carboxylic acids is 2. The quantitative estimate of drug-likeness (QED) is 0.159. The molecule has 0 fully saturated rings. The van der Waals surface area contributed by atoms with Crippen LogP contribution in [0.5, 0.6) is 0 Å². The van der Waals surface area contributed by atoms with E-state index in [-0.39, 0.29) is 25.2 Å². The number of carboxylic acids is 2. The van der Waals surface area contributed by atoms with Crippen molar-refractivity contribution in [3.63, 3.8) is 0 Å². The van der Waals surface area contributed by atoms with Crippen LogP contribution in [0.3, 0.4) is 0 Å². The molecular formula is C25H34N6O7. The standard InChI is InChI=1S/C25H34N6O7/c1-14(2)21(26)24(36)31-19(11-16-12-27-13-28-16)23(35)30-18(10-15-6-4-3-5-7-15)22(34)29-17(25(37)38)8-9-20(32)33/h3-7,12-14,17-19,21H,8-11,26H2,1-2H3,(H,27,28)(H,29,34)(H,30,35)(H,31,36)(H,32,33)(H,37,38). The molecule has 1 aromatic heterocycles. The molecule has 8 N–H and O–H groups in total. The zero-order valence-electron chi connectivity index (χ0n) is 21.2. The molecule has 1 aromatic carbocycles. The third-order valence-corrected chi connectivity index (χ3v) is 5.81. The Morgan fingerprint density at radius 3 is 2.00 bits per heavy atom. The summed E-state index contributed by atoms with van der Waals surface area (Å²) in [6.45, 7) is 3.52. The number of hydrogen-bond donors (Lipinski definition) is 7. The zero-order valence-corrected chi connectivity index (χ0v) is 21.2. The van der Waals surface area contributed by atoms with Crippen molar-refractivity contribution in [2.45, 2.75) is 63.7 Å². The average Bonchev–Trinajstić information content (AvgIpc) is 3.38. The predicted octanol–water partition coefficient (Wildman–Crippen LogP) is -0.418. The maximum absolute atomic E-state index is 13.4. The monoisotopic (exact) mass is 530 g/mol. The molecule has 0 spiro atoms. The van der Waals surface area contributed by atoms with Gasteiger partial charge in [-0.25, -0.2) is 9.78 Å². The van der Waals surface area contributed by atoms with Gasteiger partial charge in [0.25, 0.3) is 0 Å². The summed E-state index contributed by atoms with van der Waals surface area (Å²) in [5.41, 5.74) is 7.17. The molecule has 0 radical (unpaired) electrons. The fourth-order valence-electron chi connectivity index (χ4n) is 3.53. The van der Waals surface area contributed by atoms with Crippen LogP contribution in [0, 0.1) is 5.92 Å². The maximum Gasteiger partial charge on any atom is 0.326 e. The number of nitrogens with zero attached hydrogens (tertiary/aromatic N) is 1. The van der Waals surface area contributed by atoms with Crippen molar-refractivity contribution >= 4 is 29.7 Å². The lowest BCUT2D eigenvalue weighted by Crippen LogP contribution is -2.58. The lowest BCUT2D eigenvalue weighted by molar-refractivity contribution is -0.143. The molecule has 0 aliphatic rings. The van der Waals surface area contributed by atoms with E-state index in [9.17, 15) is 29.1 Å². The molecule has 3 amide bonds. The first-order valence-corrected chi connectivity index (χ1v) is 12.1. The summed E-state index contributed by atoms with van der Waals surface area (Å²) in [6, 6.07) is 4.03. The van der Waals surface area contributed by atoms with Crippen LogP contribution in [0.25, 0.3) is 0 Å². The molecule has 0 saturated carbocycles. The van der Waals surface area contributed by atoms with Gasteiger partial charge in [0.15, 0.2) is 0 Å². The van der Waals surface area contributed by atoms with Crippen LogP contribution in [-0.4, -0.2) is 74.0 Å². The lowest BCUT2D eigenvalue weighted by atomic mass is 10.0. The van der Waals surface area contributed by atoms with Gasteiger partial charge in [0.1, 0.15) is 18.1 Å². The van der Waals surface area contributed by atoms with Crippen molar-refractivity contribution in [2.75, 3.05) is 0 Å². The van der Waals surface area contributed by atoms with Crippen molar-refractivity contribution in [3.05, 3.63) is 54.1 Å². The van der Waals surface area contributed by atoms with Crippen LogP contribution in [0.1, 0.15) is 37.9 Å². The number of imidazole rings is 1. The van der Waals surface area contributed by atoms with Gasteiger partial charge >= 0.3 is 11.9 Å². The van der Waals surface area contributed by atoms with E-state index in [1.807, 2.05) is 0 Å². The molecule has 206 valence electrons. The molecule has 0 aliphatic heterocycles. The SMILES string of the molecule is CC(C)C(N)C(=O)NC(Cc1cnc[nH]1)C(=O)NC(Cc1ccccc1)C(=O)NC(CCC(=O)O)C(=O)O. The second-order valence-corrected chi connectivity index (χ2v) is 9.19. The molecule has 38 heavy (non-hydrogen) atoms. The van der Waals surface area contributed by atoms with Gasteiger partial charge in [0.05, 0.1) is 12.4 Å². The normalized spacial score (nSPS) is 14.1. The number of H-pyrrole nitrogens is 1. The third-order valence-electron chi connectivity index (χ3n) is 5.81. The number of carbonyl (C=O) groups excluding carboxylic acids is 3. The number of benzene rings is 1. The molecule has 0 bridgehead atoms. The molecule has 1 heterocycles. The van der Waals surface area contributed by atoms with Gasteiger partial charge in [-0.05, 0) is 17.9 Å². The van der Waals surface area contributed by atoms with E-state index in [0.717, 1.165) is 0 Å². The van der Waals surface area contributed by atoms with Crippen LogP contribution in [0.2, 0.25) is 0 Å². The van der Waals surface area contributed by atoms with E-state index in [4.69, 9.17) is 10.8 Å². The van der Waals surface area contributed by atoms with Crippen LogP contribution >= 0.6 is 0 Å². The molecule has 2 aromatic rings.